The van der Waals surface area contributed by atoms with E-state index in [2.05, 4.69) is 0 Å². The van der Waals surface area contributed by atoms with E-state index in [1.54, 1.807) is 0 Å². The largest absolute Gasteiger partial charge is 0.394 e. The Balaban J connectivity index is 2.82. The Hall–Kier alpha value is -0.250. The van der Waals surface area contributed by atoms with Crippen molar-refractivity contribution in [3.63, 3.8) is 0 Å². The van der Waals surface area contributed by atoms with Crippen molar-refractivity contribution in [3.05, 3.63) is 0 Å². The summed E-state index contributed by atoms with van der Waals surface area (Å²) < 4.78 is 42.6. The highest BCUT2D eigenvalue weighted by atomic mass is 32.2. The van der Waals surface area contributed by atoms with Crippen LogP contribution >= 0.6 is 0 Å². The monoisotopic (exact) mass is 270 g/mol. The van der Waals surface area contributed by atoms with Crippen LogP contribution in [0.5, 0.6) is 0 Å². The van der Waals surface area contributed by atoms with Crippen molar-refractivity contribution in [1.29, 1.82) is 0 Å². The second-order valence-electron chi connectivity index (χ2n) is 3.80. The third-order valence-corrected chi connectivity index (χ3v) is 3.09. The topological polar surface area (TPSA) is 91.3 Å². The molecule has 0 bridgehead atoms. The maximum Gasteiger partial charge on any atom is 0.264 e. The predicted octanol–water partition coefficient (Wildman–Crippen LogP) is -0.900. The zero-order valence-electron chi connectivity index (χ0n) is 10.0. The first kappa shape index (κ1) is 14.8. The standard InChI is InChI=1S/C9H18O7S/c1-13-6-4-8(14-2)15-7(5-10)9(6)16-17(3,11)12/h6-10H,4-5H2,1-3H3/t6-,7-,8+,9+/m1/s1. The van der Waals surface area contributed by atoms with Crippen LogP contribution in [-0.2, 0) is 28.5 Å². The van der Waals surface area contributed by atoms with Crippen LogP contribution in [-0.4, -0.2) is 65.2 Å². The van der Waals surface area contributed by atoms with E-state index in [-0.39, 0.29) is 6.61 Å². The van der Waals surface area contributed by atoms with Crippen molar-refractivity contribution in [2.24, 2.45) is 0 Å². The van der Waals surface area contributed by atoms with Crippen LogP contribution in [0.25, 0.3) is 0 Å². The zero-order valence-corrected chi connectivity index (χ0v) is 10.8. The Bertz CT molecular complexity index is 314. The summed E-state index contributed by atoms with van der Waals surface area (Å²) in [7, 11) is -0.744. The van der Waals surface area contributed by atoms with E-state index >= 15 is 0 Å². The third kappa shape index (κ3) is 4.16. The average molecular weight is 270 g/mol. The molecule has 4 atom stereocenters. The van der Waals surface area contributed by atoms with E-state index in [4.69, 9.17) is 18.4 Å². The maximum atomic E-state index is 11.1. The van der Waals surface area contributed by atoms with Crippen LogP contribution in [0.15, 0.2) is 0 Å². The van der Waals surface area contributed by atoms with E-state index < -0.39 is 34.7 Å². The zero-order chi connectivity index (χ0) is 13.1. The Morgan fingerprint density at radius 2 is 2.00 bits per heavy atom. The molecule has 0 radical (unpaired) electrons. The van der Waals surface area contributed by atoms with Crippen LogP contribution in [0, 0.1) is 0 Å². The molecular weight excluding hydrogens is 252 g/mol. The summed E-state index contributed by atoms with van der Waals surface area (Å²) in [4.78, 5) is 0. The van der Waals surface area contributed by atoms with Crippen molar-refractivity contribution >= 4 is 10.1 Å². The minimum absolute atomic E-state index is 0.337. The molecule has 102 valence electrons. The van der Waals surface area contributed by atoms with Gasteiger partial charge in [0.05, 0.1) is 19.0 Å². The van der Waals surface area contributed by atoms with Gasteiger partial charge >= 0.3 is 0 Å². The molecule has 17 heavy (non-hydrogen) atoms. The van der Waals surface area contributed by atoms with Gasteiger partial charge < -0.3 is 19.3 Å². The second kappa shape index (κ2) is 6.07. The Morgan fingerprint density at radius 1 is 1.35 bits per heavy atom. The highest BCUT2D eigenvalue weighted by Gasteiger charge is 2.41. The minimum Gasteiger partial charge on any atom is -0.394 e. The minimum atomic E-state index is -3.65. The number of ether oxygens (including phenoxy) is 3. The number of hydrogen-bond donors (Lipinski definition) is 1. The van der Waals surface area contributed by atoms with Gasteiger partial charge in [0.25, 0.3) is 10.1 Å². The predicted molar refractivity (Wildman–Crippen MR) is 57.9 cm³/mol. The summed E-state index contributed by atoms with van der Waals surface area (Å²) in [6.45, 7) is -0.375. The SMILES string of the molecule is CO[C@@H]1C[C@@H](OC)[C@H](OS(C)(=O)=O)[C@@H](CO)O1. The highest BCUT2D eigenvalue weighted by molar-refractivity contribution is 7.86. The fraction of sp³-hybridized carbons (Fsp3) is 1.00. The van der Waals surface area contributed by atoms with Gasteiger partial charge in [0.2, 0.25) is 0 Å². The van der Waals surface area contributed by atoms with Crippen LogP contribution in [0.3, 0.4) is 0 Å². The van der Waals surface area contributed by atoms with Gasteiger partial charge in [-0.15, -0.1) is 0 Å². The molecule has 1 aliphatic rings. The molecule has 0 amide bonds. The summed E-state index contributed by atoms with van der Waals surface area (Å²) in [5.41, 5.74) is 0. The van der Waals surface area contributed by atoms with Gasteiger partial charge in [-0.1, -0.05) is 0 Å². The molecule has 8 heteroatoms. The molecule has 0 aromatic rings. The fourth-order valence-electron chi connectivity index (χ4n) is 1.75. The number of aliphatic hydroxyl groups is 1. The third-order valence-electron chi connectivity index (χ3n) is 2.52. The summed E-state index contributed by atoms with van der Waals surface area (Å²) in [5, 5.41) is 9.17. The van der Waals surface area contributed by atoms with E-state index in [1.807, 2.05) is 0 Å². The van der Waals surface area contributed by atoms with E-state index in [0.717, 1.165) is 6.26 Å². The van der Waals surface area contributed by atoms with E-state index in [9.17, 15) is 13.5 Å². The number of rotatable bonds is 5. The molecule has 0 spiro atoms. The van der Waals surface area contributed by atoms with Gasteiger partial charge in [0.1, 0.15) is 12.2 Å². The first-order chi connectivity index (χ1) is 7.91. The van der Waals surface area contributed by atoms with Crippen molar-refractivity contribution < 1.29 is 31.9 Å². The second-order valence-corrected chi connectivity index (χ2v) is 5.40. The van der Waals surface area contributed by atoms with Crippen molar-refractivity contribution in [2.45, 2.75) is 31.0 Å². The lowest BCUT2D eigenvalue weighted by Crippen LogP contribution is -2.52. The maximum absolute atomic E-state index is 11.1. The molecule has 0 aromatic heterocycles. The van der Waals surface area contributed by atoms with Crippen molar-refractivity contribution in [1.82, 2.24) is 0 Å². The molecule has 0 aromatic carbocycles. The number of methoxy groups -OCH3 is 2. The first-order valence-electron chi connectivity index (χ1n) is 5.11. The van der Waals surface area contributed by atoms with Crippen LogP contribution in [0.2, 0.25) is 0 Å². The summed E-state index contributed by atoms with van der Waals surface area (Å²) in [6.07, 6.45) is -1.45. The molecule has 1 saturated heterocycles. The molecule has 1 aliphatic heterocycles. The summed E-state index contributed by atoms with van der Waals surface area (Å²) in [6, 6.07) is 0. The van der Waals surface area contributed by atoms with Crippen molar-refractivity contribution in [2.75, 3.05) is 27.1 Å². The first-order valence-corrected chi connectivity index (χ1v) is 6.93. The molecule has 1 N–H and O–H groups in total. The van der Waals surface area contributed by atoms with Crippen LogP contribution < -0.4 is 0 Å². The summed E-state index contributed by atoms with van der Waals surface area (Å²) >= 11 is 0. The molecule has 1 heterocycles. The van der Waals surface area contributed by atoms with E-state index in [1.165, 1.54) is 14.2 Å². The van der Waals surface area contributed by atoms with Gasteiger partial charge in [0, 0.05) is 20.6 Å². The highest BCUT2D eigenvalue weighted by Crippen LogP contribution is 2.26. The molecule has 0 aliphatic carbocycles. The molecular formula is C9H18O7S. The number of aliphatic hydroxyl groups excluding tert-OH is 1. The lowest BCUT2D eigenvalue weighted by Gasteiger charge is -2.38. The smallest absolute Gasteiger partial charge is 0.264 e. The van der Waals surface area contributed by atoms with Gasteiger partial charge in [-0.25, -0.2) is 0 Å². The normalized spacial score (nSPS) is 34.8. The lowest BCUT2D eigenvalue weighted by molar-refractivity contribution is -0.247. The lowest BCUT2D eigenvalue weighted by atomic mass is 10.0. The molecule has 0 unspecified atom stereocenters. The van der Waals surface area contributed by atoms with Gasteiger partial charge in [0.15, 0.2) is 6.29 Å². The van der Waals surface area contributed by atoms with E-state index in [0.29, 0.717) is 6.42 Å². The number of hydrogen-bond acceptors (Lipinski definition) is 7. The summed E-state index contributed by atoms with van der Waals surface area (Å²) in [5.74, 6) is 0. The Labute approximate surface area is 101 Å². The van der Waals surface area contributed by atoms with Crippen molar-refractivity contribution in [3.8, 4) is 0 Å². The van der Waals surface area contributed by atoms with Gasteiger partial charge in [-0.2, -0.15) is 8.42 Å². The van der Waals surface area contributed by atoms with Crippen LogP contribution in [0.1, 0.15) is 6.42 Å². The Morgan fingerprint density at radius 3 is 2.41 bits per heavy atom. The Kier molecular flexibility index (Phi) is 5.29. The quantitative estimate of drug-likeness (QED) is 0.647. The average Bonchev–Trinajstić information content (AvgIpc) is 2.27. The molecule has 7 nitrogen and oxygen atoms in total. The van der Waals surface area contributed by atoms with Gasteiger partial charge in [-0.05, 0) is 0 Å². The van der Waals surface area contributed by atoms with Gasteiger partial charge in [-0.3, -0.25) is 4.18 Å². The molecule has 1 fully saturated rings. The van der Waals surface area contributed by atoms with Crippen LogP contribution in [0.4, 0.5) is 0 Å². The molecule has 0 saturated carbocycles. The fourth-order valence-corrected chi connectivity index (χ4v) is 2.40. The molecule has 1 rings (SSSR count).